The minimum absolute atomic E-state index is 0.0230. The second kappa shape index (κ2) is 10.5. The number of nitrogen functional groups attached to an aromatic ring is 3. The van der Waals surface area contributed by atoms with Crippen molar-refractivity contribution in [2.24, 2.45) is 0 Å². The molecule has 0 fully saturated rings. The maximum Gasteiger partial charge on any atom is 0.330 e. The van der Waals surface area contributed by atoms with Gasteiger partial charge >= 0.3 is 5.69 Å². The Kier molecular flexibility index (Phi) is 7.21. The molecule has 0 unspecified atom stereocenters. The van der Waals surface area contributed by atoms with Gasteiger partial charge in [-0.1, -0.05) is 42.1 Å². The normalized spacial score (nSPS) is 11.1. The summed E-state index contributed by atoms with van der Waals surface area (Å²) in [6.07, 6.45) is 0. The number of anilines is 4. The Morgan fingerprint density at radius 1 is 1.11 bits per heavy atom. The zero-order chi connectivity index (χ0) is 25.8. The van der Waals surface area contributed by atoms with E-state index in [1.54, 1.807) is 0 Å². The van der Waals surface area contributed by atoms with Gasteiger partial charge in [-0.15, -0.1) is 0 Å². The quantitative estimate of drug-likeness (QED) is 0.184. The van der Waals surface area contributed by atoms with Crippen LogP contribution in [0.4, 0.5) is 23.3 Å². The number of H-pyrrole nitrogens is 2. The first kappa shape index (κ1) is 24.7. The number of carbonyl (C=O) groups excluding carboxylic acids is 1. The summed E-state index contributed by atoms with van der Waals surface area (Å²) in [5.74, 6) is -0.610. The van der Waals surface area contributed by atoms with Gasteiger partial charge in [-0.3, -0.25) is 19.1 Å². The highest BCUT2D eigenvalue weighted by Crippen LogP contribution is 2.24. The van der Waals surface area contributed by atoms with Crippen molar-refractivity contribution in [2.45, 2.75) is 11.7 Å². The molecule has 1 aromatic carbocycles. The fraction of sp³-hybridized carbons (Fsp3) is 0.238. The molecule has 14 nitrogen and oxygen atoms in total. The van der Waals surface area contributed by atoms with E-state index in [4.69, 9.17) is 21.9 Å². The first-order valence-corrected chi connectivity index (χ1v) is 11.6. The second-order valence-corrected chi connectivity index (χ2v) is 8.56. The molecule has 0 aliphatic heterocycles. The fourth-order valence-electron chi connectivity index (χ4n) is 3.50. The lowest BCUT2D eigenvalue weighted by Gasteiger charge is -2.24. The van der Waals surface area contributed by atoms with Gasteiger partial charge < -0.3 is 31.8 Å². The van der Waals surface area contributed by atoms with E-state index in [1.165, 1.54) is 16.6 Å². The maximum absolute atomic E-state index is 13.3. The molecule has 4 aromatic rings. The number of ether oxygens (including phenoxy) is 1. The summed E-state index contributed by atoms with van der Waals surface area (Å²) in [6.45, 7) is 0.270. The van der Waals surface area contributed by atoms with Crippen molar-refractivity contribution in [3.8, 4) is 0 Å². The van der Waals surface area contributed by atoms with Gasteiger partial charge in [-0.25, -0.2) is 9.78 Å². The molecule has 0 atom stereocenters. The van der Waals surface area contributed by atoms with Gasteiger partial charge in [-0.2, -0.15) is 9.97 Å². The van der Waals surface area contributed by atoms with E-state index in [-0.39, 0.29) is 54.4 Å². The van der Waals surface area contributed by atoms with E-state index >= 15 is 0 Å². The Labute approximate surface area is 207 Å². The van der Waals surface area contributed by atoms with Crippen molar-refractivity contribution in [1.82, 2.24) is 29.5 Å². The van der Waals surface area contributed by atoms with E-state index in [0.717, 1.165) is 17.3 Å². The van der Waals surface area contributed by atoms with Crippen LogP contribution in [0.3, 0.4) is 0 Å². The summed E-state index contributed by atoms with van der Waals surface area (Å²) in [6, 6.07) is 9.12. The molecule has 188 valence electrons. The number of nitrogens with one attached hydrogen (secondary N) is 2. The molecule has 0 saturated carbocycles. The van der Waals surface area contributed by atoms with Crippen molar-refractivity contribution in [3.63, 3.8) is 0 Å². The summed E-state index contributed by atoms with van der Waals surface area (Å²) in [4.78, 5) is 57.1. The molecule has 0 radical (unpaired) electrons. The molecule has 3 heterocycles. The van der Waals surface area contributed by atoms with Crippen LogP contribution in [0.25, 0.3) is 11.2 Å². The molecular weight excluding hydrogens is 488 g/mol. The van der Waals surface area contributed by atoms with Crippen LogP contribution in [0.5, 0.6) is 0 Å². The molecule has 0 aliphatic rings. The number of nitrogens with zero attached hydrogens (tertiary/aromatic N) is 5. The van der Waals surface area contributed by atoms with E-state index in [2.05, 4.69) is 24.9 Å². The van der Waals surface area contributed by atoms with Gasteiger partial charge in [0.2, 0.25) is 11.9 Å². The SMILES string of the molecule is COCCN(C(=O)CSc1nc2nc(N)nc(N)c2[nH]1)c1c(N)n(Cc2ccccc2)c(=O)[nH]c1=O. The Bertz CT molecular complexity index is 1520. The van der Waals surface area contributed by atoms with E-state index in [1.807, 2.05) is 30.3 Å². The van der Waals surface area contributed by atoms with Gasteiger partial charge in [0.25, 0.3) is 5.56 Å². The maximum atomic E-state index is 13.3. The van der Waals surface area contributed by atoms with Crippen LogP contribution in [0.1, 0.15) is 5.56 Å². The van der Waals surface area contributed by atoms with Gasteiger partial charge in [0.1, 0.15) is 11.3 Å². The van der Waals surface area contributed by atoms with Gasteiger partial charge in [0.15, 0.2) is 22.3 Å². The molecular formula is C21H24N10O4S. The summed E-state index contributed by atoms with van der Waals surface area (Å²) >= 11 is 1.06. The fourth-order valence-corrected chi connectivity index (χ4v) is 4.24. The number of hydrogen-bond acceptors (Lipinski definition) is 11. The van der Waals surface area contributed by atoms with Crippen LogP contribution in [0.15, 0.2) is 45.1 Å². The van der Waals surface area contributed by atoms with E-state index in [0.29, 0.717) is 10.7 Å². The topological polar surface area (TPSA) is 217 Å². The Morgan fingerprint density at radius 3 is 2.58 bits per heavy atom. The number of benzene rings is 1. The number of aromatic nitrogens is 6. The lowest BCUT2D eigenvalue weighted by Crippen LogP contribution is -2.43. The van der Waals surface area contributed by atoms with Crippen molar-refractivity contribution >= 4 is 52.1 Å². The monoisotopic (exact) mass is 512 g/mol. The van der Waals surface area contributed by atoms with Crippen LogP contribution in [0, 0.1) is 0 Å². The Morgan fingerprint density at radius 2 is 1.86 bits per heavy atom. The summed E-state index contributed by atoms with van der Waals surface area (Å²) < 4.78 is 6.32. The zero-order valence-corrected chi connectivity index (χ0v) is 20.0. The number of imidazole rings is 1. The second-order valence-electron chi connectivity index (χ2n) is 7.60. The highest BCUT2D eigenvalue weighted by molar-refractivity contribution is 7.99. The van der Waals surface area contributed by atoms with Crippen LogP contribution in [0.2, 0.25) is 0 Å². The molecule has 0 spiro atoms. The van der Waals surface area contributed by atoms with E-state index < -0.39 is 17.2 Å². The standard InChI is InChI=1S/C21H24N10O4S/c1-35-8-7-30(12(32)10-36-20-25-13-15(22)26-19(24)27-17(13)28-20)14-16(23)31(21(34)29-18(14)33)9-11-5-3-2-4-6-11/h2-6H,7-10,23H2,1H3,(H,29,33,34)(H5,22,24,25,26,27,28). The predicted molar refractivity (Wildman–Crippen MR) is 137 cm³/mol. The molecule has 0 aliphatic carbocycles. The number of rotatable bonds is 9. The number of fused-ring (bicyclic) bond motifs is 1. The summed E-state index contributed by atoms with van der Waals surface area (Å²) in [5, 5.41) is 0.354. The third-order valence-corrected chi connectivity index (χ3v) is 6.05. The van der Waals surface area contributed by atoms with Crippen molar-refractivity contribution < 1.29 is 9.53 Å². The molecule has 0 bridgehead atoms. The number of aromatic amines is 2. The smallest absolute Gasteiger partial charge is 0.330 e. The predicted octanol–water partition coefficient (Wildman–Crippen LogP) is -0.230. The molecule has 15 heteroatoms. The minimum atomic E-state index is -0.779. The minimum Gasteiger partial charge on any atom is -0.383 e. The van der Waals surface area contributed by atoms with Crippen molar-refractivity contribution in [2.75, 3.05) is 48.1 Å². The van der Waals surface area contributed by atoms with Crippen LogP contribution < -0.4 is 33.3 Å². The highest BCUT2D eigenvalue weighted by atomic mass is 32.2. The number of carbonyl (C=O) groups is 1. The molecule has 1 amide bonds. The lowest BCUT2D eigenvalue weighted by molar-refractivity contribution is -0.116. The molecule has 4 rings (SSSR count). The highest BCUT2D eigenvalue weighted by Gasteiger charge is 2.25. The van der Waals surface area contributed by atoms with Crippen LogP contribution in [-0.4, -0.2) is 61.4 Å². The largest absolute Gasteiger partial charge is 0.383 e. The van der Waals surface area contributed by atoms with Crippen molar-refractivity contribution in [3.05, 3.63) is 56.7 Å². The summed E-state index contributed by atoms with van der Waals surface area (Å²) in [5.41, 5.74) is 17.6. The third-order valence-electron chi connectivity index (χ3n) is 5.19. The molecule has 0 saturated heterocycles. The first-order valence-electron chi connectivity index (χ1n) is 10.7. The Hall–Kier alpha value is -4.37. The molecule has 3 aromatic heterocycles. The van der Waals surface area contributed by atoms with Gasteiger partial charge in [0, 0.05) is 13.7 Å². The van der Waals surface area contributed by atoms with Crippen LogP contribution in [-0.2, 0) is 16.1 Å². The van der Waals surface area contributed by atoms with E-state index in [9.17, 15) is 14.4 Å². The van der Waals surface area contributed by atoms with Crippen molar-refractivity contribution in [1.29, 1.82) is 0 Å². The average Bonchev–Trinajstić information content (AvgIpc) is 3.26. The average molecular weight is 513 g/mol. The lowest BCUT2D eigenvalue weighted by atomic mass is 10.2. The third kappa shape index (κ3) is 5.16. The van der Waals surface area contributed by atoms with Gasteiger partial charge in [0.05, 0.1) is 18.9 Å². The molecule has 36 heavy (non-hydrogen) atoms. The molecule has 8 N–H and O–H groups in total. The van der Waals surface area contributed by atoms with Crippen LogP contribution >= 0.6 is 11.8 Å². The number of hydrogen-bond donors (Lipinski definition) is 5. The number of amides is 1. The number of thioether (sulfide) groups is 1. The first-order chi connectivity index (χ1) is 17.3. The zero-order valence-electron chi connectivity index (χ0n) is 19.2. The number of nitrogens with two attached hydrogens (primary N) is 3. The Balaban J connectivity index is 1.63. The summed E-state index contributed by atoms with van der Waals surface area (Å²) in [7, 11) is 1.47. The number of methoxy groups -OCH3 is 1. The van der Waals surface area contributed by atoms with Gasteiger partial charge in [-0.05, 0) is 5.56 Å².